The van der Waals surface area contributed by atoms with Crippen LogP contribution in [-0.2, 0) is 35.1 Å². The van der Waals surface area contributed by atoms with Crippen LogP contribution in [0.2, 0.25) is 0 Å². The Hall–Kier alpha value is -3.10. The monoisotopic (exact) mass is 379 g/mol. The predicted octanol–water partition coefficient (Wildman–Crippen LogP) is 1.40. The minimum absolute atomic E-state index is 0.0230. The van der Waals surface area contributed by atoms with Crippen LogP contribution in [0.25, 0.3) is 0 Å². The van der Waals surface area contributed by atoms with E-state index in [-0.39, 0.29) is 37.9 Å². The second kappa shape index (κ2) is 8.52. The van der Waals surface area contributed by atoms with Crippen molar-refractivity contribution in [1.29, 1.82) is 0 Å². The lowest BCUT2D eigenvalue weighted by Crippen LogP contribution is -2.36. The van der Waals surface area contributed by atoms with Gasteiger partial charge in [0.1, 0.15) is 5.75 Å². The summed E-state index contributed by atoms with van der Waals surface area (Å²) in [7, 11) is 2.45. The third-order valence-corrected chi connectivity index (χ3v) is 4.24. The Balaban J connectivity index is 2.29. The summed E-state index contributed by atoms with van der Waals surface area (Å²) in [6, 6.07) is 4.51. The van der Waals surface area contributed by atoms with E-state index < -0.39 is 23.5 Å². The highest BCUT2D eigenvalue weighted by Crippen LogP contribution is 2.35. The lowest BCUT2D eigenvalue weighted by Gasteiger charge is -2.24. The zero-order valence-corrected chi connectivity index (χ0v) is 15.1. The highest BCUT2D eigenvalue weighted by Gasteiger charge is 2.44. The number of oxime groups is 1. The van der Waals surface area contributed by atoms with Crippen molar-refractivity contribution in [2.75, 3.05) is 14.2 Å². The third kappa shape index (κ3) is 5.19. The minimum Gasteiger partial charge on any atom is -0.508 e. The smallest absolute Gasteiger partial charge is 0.309 e. The van der Waals surface area contributed by atoms with Crippen molar-refractivity contribution in [3.63, 3.8) is 0 Å². The SMILES string of the molecule is COC(=O)CC1(CC(=O)OC)CC(c2cc(O)ccc2CCC(=O)O)=NO1. The molecule has 9 nitrogen and oxygen atoms in total. The number of ether oxygens (including phenoxy) is 2. The molecule has 27 heavy (non-hydrogen) atoms. The molecule has 2 N–H and O–H groups in total. The van der Waals surface area contributed by atoms with Gasteiger partial charge in [-0.15, -0.1) is 0 Å². The number of hydrogen-bond acceptors (Lipinski definition) is 8. The number of benzene rings is 1. The maximum Gasteiger partial charge on any atom is 0.309 e. The van der Waals surface area contributed by atoms with Crippen molar-refractivity contribution >= 4 is 23.6 Å². The number of methoxy groups -OCH3 is 2. The van der Waals surface area contributed by atoms with Gasteiger partial charge < -0.3 is 24.5 Å². The fourth-order valence-electron chi connectivity index (χ4n) is 2.88. The first-order chi connectivity index (χ1) is 12.8. The molecule has 0 unspecified atom stereocenters. The Morgan fingerprint density at radius 1 is 1.19 bits per heavy atom. The molecule has 1 heterocycles. The Bertz CT molecular complexity index is 753. The van der Waals surface area contributed by atoms with Crippen LogP contribution in [0, 0.1) is 0 Å². The number of aromatic hydroxyl groups is 1. The van der Waals surface area contributed by atoms with Crippen molar-refractivity contribution in [3.05, 3.63) is 29.3 Å². The van der Waals surface area contributed by atoms with Gasteiger partial charge in [-0.05, 0) is 24.1 Å². The summed E-state index contributed by atoms with van der Waals surface area (Å²) in [6.07, 6.45) is -0.198. The van der Waals surface area contributed by atoms with E-state index in [9.17, 15) is 19.5 Å². The molecule has 0 fully saturated rings. The van der Waals surface area contributed by atoms with Crippen LogP contribution >= 0.6 is 0 Å². The molecule has 0 radical (unpaired) electrons. The van der Waals surface area contributed by atoms with Crippen LogP contribution < -0.4 is 0 Å². The number of carboxylic acid groups (broad SMARTS) is 1. The predicted molar refractivity (Wildman–Crippen MR) is 92.3 cm³/mol. The summed E-state index contributed by atoms with van der Waals surface area (Å²) in [4.78, 5) is 39.9. The minimum atomic E-state index is -1.26. The number of phenolic OH excluding ortho intramolecular Hbond substituents is 1. The van der Waals surface area contributed by atoms with Crippen molar-refractivity contribution in [3.8, 4) is 5.75 Å². The van der Waals surface area contributed by atoms with Crippen molar-refractivity contribution in [1.82, 2.24) is 0 Å². The molecule has 1 aromatic carbocycles. The zero-order valence-electron chi connectivity index (χ0n) is 15.1. The van der Waals surface area contributed by atoms with Gasteiger partial charge in [0.25, 0.3) is 0 Å². The molecule has 146 valence electrons. The van der Waals surface area contributed by atoms with Gasteiger partial charge in [0.05, 0.1) is 32.8 Å². The summed E-state index contributed by atoms with van der Waals surface area (Å²) in [5.74, 6) is -2.12. The van der Waals surface area contributed by atoms with Gasteiger partial charge >= 0.3 is 17.9 Å². The van der Waals surface area contributed by atoms with Gasteiger partial charge in [0.15, 0.2) is 5.60 Å². The fraction of sp³-hybridized carbons (Fsp3) is 0.444. The van der Waals surface area contributed by atoms with Crippen molar-refractivity contribution < 1.29 is 38.9 Å². The Morgan fingerprint density at radius 3 is 2.37 bits per heavy atom. The largest absolute Gasteiger partial charge is 0.508 e. The van der Waals surface area contributed by atoms with E-state index in [2.05, 4.69) is 14.6 Å². The molecule has 0 atom stereocenters. The highest BCUT2D eigenvalue weighted by atomic mass is 16.7. The molecule has 1 aliphatic rings. The zero-order chi connectivity index (χ0) is 20.0. The van der Waals surface area contributed by atoms with Gasteiger partial charge in [-0.3, -0.25) is 14.4 Å². The molecule has 1 aromatic rings. The number of carbonyl (C=O) groups is 3. The van der Waals surface area contributed by atoms with Crippen molar-refractivity contribution in [2.45, 2.75) is 37.7 Å². The summed E-state index contributed by atoms with van der Waals surface area (Å²) >= 11 is 0. The number of nitrogens with zero attached hydrogens (tertiary/aromatic N) is 1. The fourth-order valence-corrected chi connectivity index (χ4v) is 2.88. The number of aliphatic carboxylic acids is 1. The number of aryl methyl sites for hydroxylation is 1. The van der Waals surface area contributed by atoms with E-state index in [1.54, 1.807) is 6.07 Å². The lowest BCUT2D eigenvalue weighted by atomic mass is 9.86. The summed E-state index contributed by atoms with van der Waals surface area (Å²) < 4.78 is 9.35. The second-order valence-corrected chi connectivity index (χ2v) is 6.23. The standard InChI is InChI=1S/C18H21NO8/c1-25-16(23)9-18(10-17(24)26-2)8-14(19-27-18)13-7-12(20)5-3-11(13)4-6-15(21)22/h3,5,7,20H,4,6,8-10H2,1-2H3,(H,21,22). The molecule has 0 bridgehead atoms. The van der Waals surface area contributed by atoms with Gasteiger partial charge in [-0.1, -0.05) is 11.2 Å². The molecular weight excluding hydrogens is 358 g/mol. The van der Waals surface area contributed by atoms with Gasteiger partial charge in [0, 0.05) is 18.4 Å². The van der Waals surface area contributed by atoms with Gasteiger partial charge in [-0.2, -0.15) is 0 Å². The molecule has 1 aliphatic heterocycles. The number of carbonyl (C=O) groups excluding carboxylic acids is 2. The van der Waals surface area contributed by atoms with E-state index in [1.165, 1.54) is 26.4 Å². The molecule has 0 spiro atoms. The summed E-state index contributed by atoms with van der Waals surface area (Å²) in [5.41, 5.74) is 0.307. The average Bonchev–Trinajstić information content (AvgIpc) is 3.03. The number of carboxylic acids is 1. The van der Waals surface area contributed by atoms with E-state index in [0.29, 0.717) is 16.8 Å². The van der Waals surface area contributed by atoms with E-state index in [0.717, 1.165) is 0 Å². The maximum absolute atomic E-state index is 11.8. The second-order valence-electron chi connectivity index (χ2n) is 6.23. The van der Waals surface area contributed by atoms with Crippen molar-refractivity contribution in [2.24, 2.45) is 5.16 Å². The van der Waals surface area contributed by atoms with Gasteiger partial charge in [0.2, 0.25) is 0 Å². The number of esters is 2. The number of hydrogen-bond donors (Lipinski definition) is 2. The van der Waals surface area contributed by atoms with Crippen LogP contribution in [0.15, 0.2) is 23.4 Å². The lowest BCUT2D eigenvalue weighted by molar-refractivity contribution is -0.155. The van der Waals surface area contributed by atoms with Gasteiger partial charge in [-0.25, -0.2) is 0 Å². The van der Waals surface area contributed by atoms with E-state index >= 15 is 0 Å². The Morgan fingerprint density at radius 2 is 1.81 bits per heavy atom. The molecule has 0 saturated carbocycles. The number of rotatable bonds is 8. The Kier molecular flexibility index (Phi) is 6.38. The summed E-state index contributed by atoms with van der Waals surface area (Å²) in [5, 5.41) is 22.7. The maximum atomic E-state index is 11.8. The summed E-state index contributed by atoms with van der Waals surface area (Å²) in [6.45, 7) is 0. The molecule has 9 heteroatoms. The van der Waals surface area contributed by atoms with Crippen LogP contribution in [0.1, 0.15) is 36.8 Å². The third-order valence-electron chi connectivity index (χ3n) is 4.24. The molecule has 0 saturated heterocycles. The average molecular weight is 379 g/mol. The molecule has 0 amide bonds. The molecular formula is C18H21NO8. The van der Waals surface area contributed by atoms with Crippen LogP contribution in [0.5, 0.6) is 5.75 Å². The molecule has 0 aromatic heterocycles. The highest BCUT2D eigenvalue weighted by molar-refractivity contribution is 6.04. The first-order valence-corrected chi connectivity index (χ1v) is 8.21. The number of phenols is 1. The van der Waals surface area contributed by atoms with Crippen LogP contribution in [0.4, 0.5) is 0 Å². The molecule has 0 aliphatic carbocycles. The van der Waals surface area contributed by atoms with E-state index in [1.807, 2.05) is 0 Å². The normalized spacial score (nSPS) is 14.8. The topological polar surface area (TPSA) is 132 Å². The molecule has 2 rings (SSSR count). The van der Waals surface area contributed by atoms with E-state index in [4.69, 9.17) is 9.94 Å². The first kappa shape index (κ1) is 20.2. The van der Waals surface area contributed by atoms with Crippen LogP contribution in [0.3, 0.4) is 0 Å². The first-order valence-electron chi connectivity index (χ1n) is 8.21. The van der Waals surface area contributed by atoms with Crippen LogP contribution in [-0.4, -0.2) is 53.7 Å². The quantitative estimate of drug-likeness (QED) is 0.648. The Labute approximate surface area is 155 Å².